The van der Waals surface area contributed by atoms with Crippen LogP contribution in [0.15, 0.2) is 41.2 Å². The zero-order chi connectivity index (χ0) is 23.9. The topological polar surface area (TPSA) is 99.8 Å². The van der Waals surface area contributed by atoms with Gasteiger partial charge in [0.05, 0.1) is 23.1 Å². The molecule has 10 nitrogen and oxygen atoms in total. The molecule has 4 aromatic heterocycles. The Balaban J connectivity index is 1.19. The van der Waals surface area contributed by atoms with Crippen LogP contribution in [0.2, 0.25) is 0 Å². The van der Waals surface area contributed by atoms with Gasteiger partial charge in [-0.25, -0.2) is 15.0 Å². The lowest BCUT2D eigenvalue weighted by Gasteiger charge is -2.34. The van der Waals surface area contributed by atoms with E-state index in [4.69, 9.17) is 4.98 Å². The number of carbonyl (C=O) groups excluding carboxylic acids is 1. The zero-order valence-electron chi connectivity index (χ0n) is 19.5. The smallest absolute Gasteiger partial charge is 0.271 e. The molecule has 0 unspecified atom stereocenters. The van der Waals surface area contributed by atoms with Crippen LogP contribution < -0.4 is 10.5 Å². The van der Waals surface area contributed by atoms with E-state index in [-0.39, 0.29) is 22.9 Å². The first kappa shape index (κ1) is 22.1. The summed E-state index contributed by atoms with van der Waals surface area (Å²) < 4.78 is 1.43. The number of likely N-dealkylation sites (tertiary alicyclic amines) is 1. The highest BCUT2D eigenvalue weighted by molar-refractivity contribution is 7.15. The molecule has 2 aliphatic rings. The molecule has 0 atom stereocenters. The number of fused-ring (bicyclic) bond motifs is 2. The van der Waals surface area contributed by atoms with E-state index in [1.54, 1.807) is 22.8 Å². The number of anilines is 1. The van der Waals surface area contributed by atoms with Crippen LogP contribution in [0.25, 0.3) is 16.0 Å². The molecule has 0 bridgehead atoms. The van der Waals surface area contributed by atoms with Gasteiger partial charge in [0.1, 0.15) is 17.4 Å². The molecule has 180 valence electrons. The molecule has 4 aromatic rings. The summed E-state index contributed by atoms with van der Waals surface area (Å²) in [6.45, 7) is 5.14. The minimum absolute atomic E-state index is 0.116. The quantitative estimate of drug-likeness (QED) is 0.429. The summed E-state index contributed by atoms with van der Waals surface area (Å²) in [6.07, 6.45) is 8.13. The molecule has 0 radical (unpaired) electrons. The van der Waals surface area contributed by atoms with E-state index < -0.39 is 0 Å². The molecule has 0 aliphatic carbocycles. The Hall–Kier alpha value is -3.44. The summed E-state index contributed by atoms with van der Waals surface area (Å²) in [5.74, 6) is -0.0749. The average molecular weight is 491 g/mol. The number of carbonyl (C=O) groups is 1. The van der Waals surface area contributed by atoms with Crippen molar-refractivity contribution >= 4 is 38.9 Å². The van der Waals surface area contributed by atoms with Gasteiger partial charge in [-0.2, -0.15) is 0 Å². The van der Waals surface area contributed by atoms with Gasteiger partial charge in [0.25, 0.3) is 11.5 Å². The molecule has 0 spiro atoms. The molecule has 2 fully saturated rings. The van der Waals surface area contributed by atoms with E-state index in [0.717, 1.165) is 61.4 Å². The van der Waals surface area contributed by atoms with Crippen molar-refractivity contribution in [3.63, 3.8) is 0 Å². The fourth-order valence-corrected chi connectivity index (χ4v) is 5.66. The van der Waals surface area contributed by atoms with Crippen LogP contribution >= 0.6 is 11.3 Å². The number of piperazine rings is 1. The Morgan fingerprint density at radius 2 is 1.80 bits per heavy atom. The summed E-state index contributed by atoms with van der Waals surface area (Å²) in [7, 11) is 2.14. The summed E-state index contributed by atoms with van der Waals surface area (Å²) in [5, 5.41) is 1.79. The average Bonchev–Trinajstić information content (AvgIpc) is 3.38. The van der Waals surface area contributed by atoms with E-state index in [1.165, 1.54) is 21.9 Å². The highest BCUT2D eigenvalue weighted by Gasteiger charge is 2.29. The molecule has 0 aromatic carbocycles. The van der Waals surface area contributed by atoms with E-state index in [2.05, 4.69) is 37.9 Å². The molecule has 6 rings (SSSR count). The van der Waals surface area contributed by atoms with Crippen LogP contribution in [0.5, 0.6) is 0 Å². The van der Waals surface area contributed by atoms with Crippen LogP contribution in [0.3, 0.4) is 0 Å². The fourth-order valence-electron chi connectivity index (χ4n) is 4.99. The first-order chi connectivity index (χ1) is 17.1. The Morgan fingerprint density at radius 1 is 1.00 bits per heavy atom. The number of hydrogen-bond donors (Lipinski definition) is 0. The van der Waals surface area contributed by atoms with Crippen molar-refractivity contribution in [1.82, 2.24) is 34.1 Å². The lowest BCUT2D eigenvalue weighted by Crippen LogP contribution is -2.44. The molecular weight excluding hydrogens is 464 g/mol. The first-order valence-electron chi connectivity index (χ1n) is 11.9. The van der Waals surface area contributed by atoms with E-state index in [0.29, 0.717) is 18.1 Å². The summed E-state index contributed by atoms with van der Waals surface area (Å²) in [5.41, 5.74) is 3.52. The maximum atomic E-state index is 13.1. The van der Waals surface area contributed by atoms with Crippen LogP contribution in [0.1, 0.15) is 34.8 Å². The Labute approximate surface area is 205 Å². The van der Waals surface area contributed by atoms with Gasteiger partial charge < -0.3 is 14.7 Å². The van der Waals surface area contributed by atoms with Gasteiger partial charge in [-0.1, -0.05) is 0 Å². The number of aromatic nitrogens is 5. The largest absolute Gasteiger partial charge is 0.368 e. The molecule has 0 N–H and O–H groups in total. The van der Waals surface area contributed by atoms with Crippen LogP contribution in [-0.2, 0) is 0 Å². The summed E-state index contributed by atoms with van der Waals surface area (Å²) >= 11 is 1.37. The zero-order valence-corrected chi connectivity index (χ0v) is 20.3. The number of piperidine rings is 1. The maximum Gasteiger partial charge on any atom is 0.271 e. The Morgan fingerprint density at radius 3 is 2.60 bits per heavy atom. The molecule has 0 saturated carbocycles. The van der Waals surface area contributed by atoms with Crippen LogP contribution in [0.4, 0.5) is 5.69 Å². The number of nitrogens with zero attached hydrogens (tertiary/aromatic N) is 8. The normalized spacial score (nSPS) is 18.0. The number of pyridine rings is 1. The Bertz CT molecular complexity index is 1450. The van der Waals surface area contributed by atoms with Gasteiger partial charge in [-0.15, -0.1) is 11.3 Å². The number of likely N-dealkylation sites (N-methyl/N-ethyl adjacent to an activating group) is 1. The molecule has 35 heavy (non-hydrogen) atoms. The van der Waals surface area contributed by atoms with Crippen LogP contribution in [-0.4, -0.2) is 86.4 Å². The monoisotopic (exact) mass is 490 g/mol. The van der Waals surface area contributed by atoms with Crippen molar-refractivity contribution in [2.24, 2.45) is 0 Å². The fraction of sp³-hybridized carbons (Fsp3) is 0.417. The third kappa shape index (κ3) is 4.04. The third-order valence-corrected chi connectivity index (χ3v) is 7.87. The van der Waals surface area contributed by atoms with Gasteiger partial charge in [0.15, 0.2) is 4.96 Å². The van der Waals surface area contributed by atoms with Crippen molar-refractivity contribution in [2.45, 2.75) is 18.8 Å². The lowest BCUT2D eigenvalue weighted by atomic mass is 9.92. The number of hydrogen-bond acceptors (Lipinski definition) is 9. The van der Waals surface area contributed by atoms with E-state index in [1.807, 2.05) is 6.20 Å². The number of amides is 1. The summed E-state index contributed by atoms with van der Waals surface area (Å²) in [6, 6.07) is 2.11. The standard InChI is InChI=1S/C24H26N8O2S/c1-29-6-8-30(9-7-29)17-12-19-21(25-13-17)20(28-15-27-19)16-2-4-31(5-3-16)22(33)18-14-26-24-32(23(18)34)10-11-35-24/h10-16H,2-9H2,1H3. The predicted molar refractivity (Wildman–Crippen MR) is 134 cm³/mol. The third-order valence-electron chi connectivity index (χ3n) is 7.10. The van der Waals surface area contributed by atoms with Gasteiger partial charge in [-0.3, -0.25) is 19.0 Å². The van der Waals surface area contributed by atoms with E-state index >= 15 is 0 Å². The second-order valence-corrected chi connectivity index (χ2v) is 10.1. The highest BCUT2D eigenvalue weighted by atomic mass is 32.1. The van der Waals surface area contributed by atoms with Gasteiger partial charge in [0, 0.05) is 63.0 Å². The highest BCUT2D eigenvalue weighted by Crippen LogP contribution is 2.31. The number of rotatable bonds is 3. The SMILES string of the molecule is CN1CCN(c2cnc3c(C4CCN(C(=O)c5cnc6sccn6c5=O)CC4)ncnc3c2)CC1. The van der Waals surface area contributed by atoms with Crippen molar-refractivity contribution in [3.8, 4) is 0 Å². The van der Waals surface area contributed by atoms with Crippen molar-refractivity contribution in [3.05, 3.63) is 58.0 Å². The minimum Gasteiger partial charge on any atom is -0.368 e. The molecule has 1 amide bonds. The van der Waals surface area contributed by atoms with Gasteiger partial charge in [0.2, 0.25) is 0 Å². The number of thiazole rings is 1. The molecule has 2 aliphatic heterocycles. The van der Waals surface area contributed by atoms with Crippen LogP contribution in [0, 0.1) is 0 Å². The minimum atomic E-state index is -0.314. The summed E-state index contributed by atoms with van der Waals surface area (Å²) in [4.78, 5) is 50.9. The van der Waals surface area contributed by atoms with Crippen molar-refractivity contribution < 1.29 is 4.79 Å². The Kier molecular flexibility index (Phi) is 5.65. The first-order valence-corrected chi connectivity index (χ1v) is 12.7. The lowest BCUT2D eigenvalue weighted by molar-refractivity contribution is 0.0710. The van der Waals surface area contributed by atoms with Gasteiger partial charge in [-0.05, 0) is 26.0 Å². The van der Waals surface area contributed by atoms with Crippen molar-refractivity contribution in [1.29, 1.82) is 0 Å². The second-order valence-electron chi connectivity index (χ2n) is 9.21. The second kappa shape index (κ2) is 8.97. The van der Waals surface area contributed by atoms with Gasteiger partial charge >= 0.3 is 0 Å². The molecular formula is C24H26N8O2S. The molecule has 2 saturated heterocycles. The van der Waals surface area contributed by atoms with Crippen molar-refractivity contribution in [2.75, 3.05) is 51.2 Å². The van der Waals surface area contributed by atoms with E-state index in [9.17, 15) is 9.59 Å². The maximum absolute atomic E-state index is 13.1. The predicted octanol–water partition coefficient (Wildman–Crippen LogP) is 1.87. The molecule has 6 heterocycles. The molecule has 11 heteroatoms.